The van der Waals surface area contributed by atoms with Crippen LogP contribution < -0.4 is 0 Å². The fourth-order valence-electron chi connectivity index (χ4n) is 6.28. The van der Waals surface area contributed by atoms with Crippen LogP contribution in [0.4, 0.5) is 0 Å². The smallest absolute Gasteiger partial charge is 0.0256 e. The SMILES string of the molecule is CC1(C)C2=CC3c4c(cc(Br)c5ccccc45)C(C)(C)C3C=C2c2ccccc21. The number of fused-ring (bicyclic) bond motifs is 8. The fourth-order valence-corrected chi connectivity index (χ4v) is 6.85. The Hall–Kier alpha value is -2.12. The van der Waals surface area contributed by atoms with E-state index in [1.54, 1.807) is 0 Å². The summed E-state index contributed by atoms with van der Waals surface area (Å²) in [5.74, 6) is 0.918. The van der Waals surface area contributed by atoms with Crippen LogP contribution in [-0.4, -0.2) is 0 Å². The predicted octanol–water partition coefficient (Wildman–Crippen LogP) is 7.91. The number of benzene rings is 3. The van der Waals surface area contributed by atoms with Crippen molar-refractivity contribution in [3.63, 3.8) is 0 Å². The minimum atomic E-state index is 0.0610. The van der Waals surface area contributed by atoms with E-state index in [0.29, 0.717) is 11.8 Å². The Kier molecular flexibility index (Phi) is 3.37. The molecule has 0 radical (unpaired) electrons. The lowest BCUT2D eigenvalue weighted by Gasteiger charge is -2.33. The topological polar surface area (TPSA) is 0 Å². The maximum atomic E-state index is 3.86. The molecule has 0 N–H and O–H groups in total. The molecule has 0 heterocycles. The largest absolute Gasteiger partial charge is 0.0716 e. The Morgan fingerprint density at radius 1 is 0.793 bits per heavy atom. The van der Waals surface area contributed by atoms with Gasteiger partial charge in [-0.05, 0) is 61.6 Å². The van der Waals surface area contributed by atoms with Gasteiger partial charge in [-0.1, -0.05) is 104 Å². The van der Waals surface area contributed by atoms with E-state index in [9.17, 15) is 0 Å². The summed E-state index contributed by atoms with van der Waals surface area (Å²) in [5.41, 5.74) is 9.07. The number of allylic oxidation sites excluding steroid dienone is 4. The third-order valence-corrected chi connectivity index (χ3v) is 8.49. The van der Waals surface area contributed by atoms with Gasteiger partial charge in [0.05, 0.1) is 0 Å². The minimum Gasteiger partial charge on any atom is -0.0716 e. The van der Waals surface area contributed by atoms with Crippen LogP contribution in [0, 0.1) is 5.92 Å². The zero-order valence-corrected chi connectivity index (χ0v) is 19.0. The lowest BCUT2D eigenvalue weighted by Crippen LogP contribution is -2.27. The van der Waals surface area contributed by atoms with Gasteiger partial charge >= 0.3 is 0 Å². The average Bonchev–Trinajstić information content (AvgIpc) is 3.07. The predicted molar refractivity (Wildman–Crippen MR) is 126 cm³/mol. The lowest BCUT2D eigenvalue weighted by molar-refractivity contribution is 0.393. The van der Waals surface area contributed by atoms with Crippen molar-refractivity contribution < 1.29 is 0 Å². The van der Waals surface area contributed by atoms with Crippen LogP contribution in [0.3, 0.4) is 0 Å². The van der Waals surface area contributed by atoms with E-state index in [2.05, 4.69) is 110 Å². The van der Waals surface area contributed by atoms with Crippen molar-refractivity contribution in [3.05, 3.63) is 99.0 Å². The molecule has 0 nitrogen and oxygen atoms in total. The van der Waals surface area contributed by atoms with Gasteiger partial charge in [0.1, 0.15) is 0 Å². The van der Waals surface area contributed by atoms with E-state index < -0.39 is 0 Å². The van der Waals surface area contributed by atoms with E-state index in [0.717, 1.165) is 0 Å². The first-order valence-electron chi connectivity index (χ1n) is 10.6. The van der Waals surface area contributed by atoms with E-state index in [1.807, 2.05) is 0 Å². The summed E-state index contributed by atoms with van der Waals surface area (Å²) < 4.78 is 1.21. The maximum Gasteiger partial charge on any atom is 0.0256 e. The molecule has 0 spiro atoms. The summed E-state index contributed by atoms with van der Waals surface area (Å²) in [4.78, 5) is 0. The number of halogens is 1. The van der Waals surface area contributed by atoms with Gasteiger partial charge in [0.15, 0.2) is 0 Å². The maximum absolute atomic E-state index is 3.86. The highest BCUT2D eigenvalue weighted by Gasteiger charge is 2.50. The number of rotatable bonds is 0. The summed E-state index contributed by atoms with van der Waals surface area (Å²) >= 11 is 3.86. The normalized spacial score (nSPS) is 25.0. The van der Waals surface area contributed by atoms with Crippen LogP contribution in [0.15, 0.2) is 76.8 Å². The molecule has 0 saturated carbocycles. The Morgan fingerprint density at radius 2 is 1.48 bits per heavy atom. The quantitative estimate of drug-likeness (QED) is 0.333. The standard InChI is InChI=1S/C28H25Br/c1-27(2)21-12-8-7-9-16(21)19-13-23-20(14-22(19)27)26-18-11-6-5-10-17(18)25(29)15-24(26)28(23,3)4/h5-15,20,23H,1-4H3. The molecule has 2 atom stereocenters. The van der Waals surface area contributed by atoms with Crippen molar-refractivity contribution >= 4 is 32.3 Å². The molecule has 3 aromatic rings. The minimum absolute atomic E-state index is 0.0610. The molecule has 0 saturated heterocycles. The van der Waals surface area contributed by atoms with Crippen molar-refractivity contribution in [2.24, 2.45) is 5.92 Å². The van der Waals surface area contributed by atoms with Gasteiger partial charge < -0.3 is 0 Å². The average molecular weight is 441 g/mol. The molecule has 3 aromatic carbocycles. The zero-order chi connectivity index (χ0) is 20.1. The number of hydrogen-bond acceptors (Lipinski definition) is 0. The third kappa shape index (κ3) is 2.10. The van der Waals surface area contributed by atoms with E-state index in [-0.39, 0.29) is 10.8 Å². The summed E-state index contributed by atoms with van der Waals surface area (Å²) in [7, 11) is 0. The van der Waals surface area contributed by atoms with Crippen molar-refractivity contribution in [1.29, 1.82) is 0 Å². The van der Waals surface area contributed by atoms with E-state index in [1.165, 1.54) is 48.6 Å². The molecule has 3 aliphatic carbocycles. The second-order valence-corrected chi connectivity index (χ2v) is 10.8. The molecule has 6 rings (SSSR count). The van der Waals surface area contributed by atoms with Gasteiger partial charge in [0.2, 0.25) is 0 Å². The molecule has 29 heavy (non-hydrogen) atoms. The van der Waals surface area contributed by atoms with Gasteiger partial charge in [-0.2, -0.15) is 0 Å². The molecule has 1 heteroatoms. The Bertz CT molecular complexity index is 1270. The van der Waals surface area contributed by atoms with E-state index in [4.69, 9.17) is 0 Å². The van der Waals surface area contributed by atoms with Crippen molar-refractivity contribution in [3.8, 4) is 0 Å². The van der Waals surface area contributed by atoms with Crippen LogP contribution in [0.1, 0.15) is 55.9 Å². The van der Waals surface area contributed by atoms with Crippen LogP contribution in [0.2, 0.25) is 0 Å². The van der Waals surface area contributed by atoms with Crippen LogP contribution >= 0.6 is 15.9 Å². The zero-order valence-electron chi connectivity index (χ0n) is 17.4. The molecule has 0 amide bonds. The summed E-state index contributed by atoms with van der Waals surface area (Å²) in [6.07, 6.45) is 5.23. The molecule has 0 aliphatic heterocycles. The van der Waals surface area contributed by atoms with Gasteiger partial charge in [-0.3, -0.25) is 0 Å². The molecule has 3 aliphatic rings. The molecule has 144 valence electrons. The monoisotopic (exact) mass is 440 g/mol. The van der Waals surface area contributed by atoms with Gasteiger partial charge in [0.25, 0.3) is 0 Å². The molecular weight excluding hydrogens is 416 g/mol. The van der Waals surface area contributed by atoms with Crippen molar-refractivity contribution in [2.45, 2.75) is 44.4 Å². The summed E-state index contributed by atoms with van der Waals surface area (Å²) in [6.45, 7) is 9.64. The highest BCUT2D eigenvalue weighted by molar-refractivity contribution is 9.10. The molecule has 0 bridgehead atoms. The van der Waals surface area contributed by atoms with Crippen LogP contribution in [-0.2, 0) is 10.8 Å². The fraction of sp³-hybridized carbons (Fsp3) is 0.286. The first-order valence-corrected chi connectivity index (χ1v) is 11.4. The van der Waals surface area contributed by atoms with Gasteiger partial charge in [0, 0.05) is 15.8 Å². The molecule has 0 fully saturated rings. The van der Waals surface area contributed by atoms with Gasteiger partial charge in [-0.25, -0.2) is 0 Å². The third-order valence-electron chi connectivity index (χ3n) is 7.83. The van der Waals surface area contributed by atoms with Crippen molar-refractivity contribution in [1.82, 2.24) is 0 Å². The molecular formula is C28H25Br. The van der Waals surface area contributed by atoms with Gasteiger partial charge in [-0.15, -0.1) is 0 Å². The summed E-state index contributed by atoms with van der Waals surface area (Å²) in [5, 5.41) is 2.73. The summed E-state index contributed by atoms with van der Waals surface area (Å²) in [6, 6.07) is 20.3. The Balaban J connectivity index is 1.67. The van der Waals surface area contributed by atoms with Crippen LogP contribution in [0.5, 0.6) is 0 Å². The highest BCUT2D eigenvalue weighted by atomic mass is 79.9. The van der Waals surface area contributed by atoms with Crippen LogP contribution in [0.25, 0.3) is 16.3 Å². The Labute approximate surface area is 181 Å². The highest BCUT2D eigenvalue weighted by Crippen LogP contribution is 2.61. The van der Waals surface area contributed by atoms with E-state index >= 15 is 0 Å². The second-order valence-electron chi connectivity index (χ2n) is 9.97. The Morgan fingerprint density at radius 3 is 2.28 bits per heavy atom. The first kappa shape index (κ1) is 17.7. The second kappa shape index (κ2) is 5.52. The molecule has 2 unspecified atom stereocenters. The molecule has 0 aromatic heterocycles. The number of hydrogen-bond donors (Lipinski definition) is 0. The van der Waals surface area contributed by atoms with Crippen molar-refractivity contribution in [2.75, 3.05) is 0 Å². The first-order chi connectivity index (χ1) is 13.8. The lowest BCUT2D eigenvalue weighted by atomic mass is 9.70.